The van der Waals surface area contributed by atoms with Crippen molar-refractivity contribution in [3.05, 3.63) is 0 Å². The Kier molecular flexibility index (Phi) is 1.90. The van der Waals surface area contributed by atoms with Gasteiger partial charge in [0, 0.05) is 0 Å². The van der Waals surface area contributed by atoms with E-state index in [-0.39, 0.29) is 11.6 Å². The van der Waals surface area contributed by atoms with Crippen molar-refractivity contribution in [1.82, 2.24) is 10.6 Å². The van der Waals surface area contributed by atoms with Crippen LogP contribution in [0.2, 0.25) is 0 Å². The van der Waals surface area contributed by atoms with Gasteiger partial charge in [-0.25, -0.2) is 15.0 Å². The zero-order valence-electron chi connectivity index (χ0n) is 7.61. The van der Waals surface area contributed by atoms with Crippen molar-refractivity contribution in [1.29, 1.82) is 0 Å². The number of nitrogens with zero attached hydrogens (tertiary/aromatic N) is 3. The summed E-state index contributed by atoms with van der Waals surface area (Å²) in [5.41, 5.74) is 6.03. The van der Waals surface area contributed by atoms with E-state index < -0.39 is 5.79 Å². The third-order valence-electron chi connectivity index (χ3n) is 1.88. The molecule has 0 bridgehead atoms. The molecular formula is C7H10N6O. The first-order chi connectivity index (χ1) is 6.64. The Morgan fingerprint density at radius 3 is 3.21 bits per heavy atom. The molecule has 14 heavy (non-hydrogen) atoms. The van der Waals surface area contributed by atoms with Gasteiger partial charge < -0.3 is 10.6 Å². The second-order valence-electron chi connectivity index (χ2n) is 3.07. The van der Waals surface area contributed by atoms with Crippen LogP contribution in [0.25, 0.3) is 0 Å². The molecule has 0 fully saturated rings. The molecule has 0 aromatic carbocycles. The third-order valence-corrected chi connectivity index (χ3v) is 1.88. The van der Waals surface area contributed by atoms with Gasteiger partial charge in [0.25, 0.3) is 5.91 Å². The lowest BCUT2D eigenvalue weighted by Gasteiger charge is -2.29. The molecule has 0 radical (unpaired) electrons. The fraction of sp³-hybridized carbons (Fsp3) is 0.429. The summed E-state index contributed by atoms with van der Waals surface area (Å²) in [7, 11) is 1.72. The summed E-state index contributed by atoms with van der Waals surface area (Å²) >= 11 is 0. The standard InChI is InChI=1S/C7H10N6O/c1-9-2-7(8)12-5-4(6(14)13-7)10-3-11-5/h3,9H,2,8H2,1H3,(H,13,14). The number of hydrogen-bond donors (Lipinski definition) is 3. The normalized spacial score (nSPS) is 29.4. The van der Waals surface area contributed by atoms with Gasteiger partial charge in [-0.15, -0.1) is 0 Å². The molecule has 2 aliphatic rings. The van der Waals surface area contributed by atoms with Crippen molar-refractivity contribution in [2.45, 2.75) is 5.79 Å². The van der Waals surface area contributed by atoms with Gasteiger partial charge >= 0.3 is 0 Å². The lowest BCUT2D eigenvalue weighted by Crippen LogP contribution is -2.64. The zero-order chi connectivity index (χ0) is 10.2. The number of aliphatic imine (C=N–C) groups is 3. The number of amidine groups is 1. The SMILES string of the molecule is CNCC1(N)N=C2N=CN=C2C(=O)N1. The predicted molar refractivity (Wildman–Crippen MR) is 52.3 cm³/mol. The Morgan fingerprint density at radius 2 is 2.50 bits per heavy atom. The fourth-order valence-corrected chi connectivity index (χ4v) is 1.33. The predicted octanol–water partition coefficient (Wildman–Crippen LogP) is -2.17. The second-order valence-corrected chi connectivity index (χ2v) is 3.07. The van der Waals surface area contributed by atoms with Crippen molar-refractivity contribution in [3.63, 3.8) is 0 Å². The highest BCUT2D eigenvalue weighted by atomic mass is 16.2. The first-order valence-corrected chi connectivity index (χ1v) is 4.11. The Bertz CT molecular complexity index is 370. The van der Waals surface area contributed by atoms with E-state index in [4.69, 9.17) is 5.73 Å². The molecule has 0 saturated carbocycles. The van der Waals surface area contributed by atoms with E-state index in [1.54, 1.807) is 7.05 Å². The van der Waals surface area contributed by atoms with Crippen LogP contribution in [0.15, 0.2) is 15.0 Å². The monoisotopic (exact) mass is 194 g/mol. The number of fused-ring (bicyclic) bond motifs is 1. The van der Waals surface area contributed by atoms with Crippen molar-refractivity contribution >= 4 is 23.8 Å². The highest BCUT2D eigenvalue weighted by Crippen LogP contribution is 2.08. The van der Waals surface area contributed by atoms with Gasteiger partial charge in [-0.05, 0) is 7.05 Å². The van der Waals surface area contributed by atoms with E-state index in [9.17, 15) is 4.79 Å². The van der Waals surface area contributed by atoms with Gasteiger partial charge in [0.2, 0.25) is 0 Å². The van der Waals surface area contributed by atoms with Gasteiger partial charge in [-0.3, -0.25) is 10.5 Å². The molecule has 2 heterocycles. The topological polar surface area (TPSA) is 104 Å². The molecule has 1 atom stereocenters. The Hall–Kier alpha value is -1.60. The quantitative estimate of drug-likeness (QED) is 0.466. The Balaban J connectivity index is 2.35. The molecule has 2 rings (SSSR count). The zero-order valence-corrected chi connectivity index (χ0v) is 7.61. The summed E-state index contributed by atoms with van der Waals surface area (Å²) in [6.07, 6.45) is 1.29. The number of carbonyl (C=O) groups excluding carboxylic acids is 1. The van der Waals surface area contributed by atoms with E-state index >= 15 is 0 Å². The van der Waals surface area contributed by atoms with Gasteiger partial charge in [-0.1, -0.05) is 0 Å². The molecule has 0 aromatic rings. The summed E-state index contributed by atoms with van der Waals surface area (Å²) in [4.78, 5) is 23.2. The minimum atomic E-state index is -1.12. The van der Waals surface area contributed by atoms with Gasteiger partial charge in [0.15, 0.2) is 17.3 Å². The molecule has 0 aromatic heterocycles. The number of hydrogen-bond acceptors (Lipinski definition) is 6. The van der Waals surface area contributed by atoms with Gasteiger partial charge in [-0.2, -0.15) is 0 Å². The molecular weight excluding hydrogens is 184 g/mol. The van der Waals surface area contributed by atoms with Crippen molar-refractivity contribution in [2.75, 3.05) is 13.6 Å². The molecule has 7 nitrogen and oxygen atoms in total. The minimum absolute atomic E-state index is 0.224. The van der Waals surface area contributed by atoms with Crippen molar-refractivity contribution in [2.24, 2.45) is 20.7 Å². The van der Waals surface area contributed by atoms with Crippen LogP contribution < -0.4 is 16.4 Å². The van der Waals surface area contributed by atoms with Crippen LogP contribution >= 0.6 is 0 Å². The molecule has 2 aliphatic heterocycles. The van der Waals surface area contributed by atoms with E-state index in [0.29, 0.717) is 12.4 Å². The van der Waals surface area contributed by atoms with Crippen LogP contribution in [-0.2, 0) is 4.79 Å². The summed E-state index contributed by atoms with van der Waals surface area (Å²) in [6.45, 7) is 0.338. The van der Waals surface area contributed by atoms with Crippen LogP contribution in [0.3, 0.4) is 0 Å². The molecule has 7 heteroatoms. The number of amides is 1. The largest absolute Gasteiger partial charge is 0.314 e. The van der Waals surface area contributed by atoms with Crippen LogP contribution in [0.5, 0.6) is 0 Å². The Morgan fingerprint density at radius 1 is 1.71 bits per heavy atom. The summed E-state index contributed by atoms with van der Waals surface area (Å²) < 4.78 is 0. The smallest absolute Gasteiger partial charge is 0.276 e. The van der Waals surface area contributed by atoms with Gasteiger partial charge in [0.1, 0.15) is 6.34 Å². The fourth-order valence-electron chi connectivity index (χ4n) is 1.33. The number of likely N-dealkylation sites (N-methyl/N-ethyl adjacent to an activating group) is 1. The number of rotatable bonds is 2. The van der Waals surface area contributed by atoms with Crippen LogP contribution in [0, 0.1) is 0 Å². The average Bonchev–Trinajstić information content (AvgIpc) is 2.51. The van der Waals surface area contributed by atoms with E-state index in [2.05, 4.69) is 25.6 Å². The van der Waals surface area contributed by atoms with Gasteiger partial charge in [0.05, 0.1) is 6.54 Å². The minimum Gasteiger partial charge on any atom is -0.314 e. The summed E-state index contributed by atoms with van der Waals surface area (Å²) in [6, 6.07) is 0. The van der Waals surface area contributed by atoms with E-state index in [1.165, 1.54) is 6.34 Å². The highest BCUT2D eigenvalue weighted by molar-refractivity contribution is 6.69. The molecule has 0 saturated heterocycles. The van der Waals surface area contributed by atoms with E-state index in [1.807, 2.05) is 0 Å². The van der Waals surface area contributed by atoms with Crippen LogP contribution in [-0.4, -0.2) is 43.2 Å². The van der Waals surface area contributed by atoms with E-state index in [0.717, 1.165) is 0 Å². The number of nitrogens with one attached hydrogen (secondary N) is 2. The van der Waals surface area contributed by atoms with Crippen LogP contribution in [0.4, 0.5) is 0 Å². The van der Waals surface area contributed by atoms with Crippen molar-refractivity contribution in [3.8, 4) is 0 Å². The van der Waals surface area contributed by atoms with Crippen LogP contribution in [0.1, 0.15) is 0 Å². The first kappa shape index (κ1) is 8.97. The van der Waals surface area contributed by atoms with Crippen molar-refractivity contribution < 1.29 is 4.79 Å². The highest BCUT2D eigenvalue weighted by Gasteiger charge is 2.36. The molecule has 0 aliphatic carbocycles. The molecule has 1 unspecified atom stereocenters. The number of carbonyl (C=O) groups is 1. The maximum absolute atomic E-state index is 11.5. The third kappa shape index (κ3) is 1.32. The molecule has 1 amide bonds. The first-order valence-electron chi connectivity index (χ1n) is 4.11. The molecule has 74 valence electrons. The maximum Gasteiger partial charge on any atom is 0.276 e. The lowest BCUT2D eigenvalue weighted by atomic mass is 10.2. The lowest BCUT2D eigenvalue weighted by molar-refractivity contribution is -0.116. The second kappa shape index (κ2) is 2.96. The Labute approximate surface area is 80.2 Å². The maximum atomic E-state index is 11.5. The number of nitrogens with two attached hydrogens (primary N) is 1. The average molecular weight is 194 g/mol. The molecule has 4 N–H and O–H groups in total. The molecule has 0 spiro atoms. The summed E-state index contributed by atoms with van der Waals surface area (Å²) in [5.74, 6) is -1.17. The summed E-state index contributed by atoms with van der Waals surface area (Å²) in [5, 5.41) is 5.38.